The predicted molar refractivity (Wildman–Crippen MR) is 150 cm³/mol. The van der Waals surface area contributed by atoms with Crippen LogP contribution in [0.2, 0.25) is 0 Å². The van der Waals surface area contributed by atoms with Crippen LogP contribution in [-0.4, -0.2) is 60.0 Å². The number of rotatable bonds is 13. The summed E-state index contributed by atoms with van der Waals surface area (Å²) in [4.78, 5) is 22.8. The normalized spacial score (nSPS) is 10.1. The van der Waals surface area contributed by atoms with E-state index < -0.39 is 0 Å². The lowest BCUT2D eigenvalue weighted by atomic mass is 10.2. The monoisotopic (exact) mass is 507 g/mol. The van der Waals surface area contributed by atoms with Crippen molar-refractivity contribution in [2.24, 2.45) is 0 Å². The third kappa shape index (κ3) is 9.68. The van der Waals surface area contributed by atoms with Crippen LogP contribution in [0.3, 0.4) is 0 Å². The second-order valence-electron chi connectivity index (χ2n) is 7.84. The van der Waals surface area contributed by atoms with E-state index in [1.807, 2.05) is 64.9 Å². The van der Waals surface area contributed by atoms with Gasteiger partial charge in [0.05, 0.1) is 24.4 Å². The van der Waals surface area contributed by atoms with E-state index in [1.165, 1.54) is 4.90 Å². The molecule has 0 aliphatic rings. The number of carbonyl (C=O) groups is 1. The van der Waals surface area contributed by atoms with Crippen LogP contribution in [0.1, 0.15) is 71.5 Å². The predicted octanol–water partition coefficient (Wildman–Crippen LogP) is 6.71. The van der Waals surface area contributed by atoms with E-state index in [-0.39, 0.29) is 12.1 Å². The standard InChI is InChI=1S/C23H34FN5OS.2C2H6/c1-7-12-28(13-8-2)16-21-25-23(27(6)17-30)22(18(3)26(4)5)29(21)15-19-10-9-11-20(14-19)31-24;2*1-2/h9-11,14,17H,3,7-8,12-13,15-16H2,1-2,4-6H3;2*1-2H3. The van der Waals surface area contributed by atoms with Crippen LogP contribution >= 0.6 is 12.1 Å². The fourth-order valence-corrected chi connectivity index (χ4v) is 3.87. The van der Waals surface area contributed by atoms with Gasteiger partial charge in [0.25, 0.3) is 0 Å². The molecule has 0 radical (unpaired) electrons. The minimum atomic E-state index is 0.237. The summed E-state index contributed by atoms with van der Waals surface area (Å²) in [6.07, 6.45) is 2.86. The molecule has 35 heavy (non-hydrogen) atoms. The first kappa shape index (κ1) is 32.7. The van der Waals surface area contributed by atoms with Crippen molar-refractivity contribution in [3.05, 3.63) is 47.9 Å². The maximum absolute atomic E-state index is 13.2. The lowest BCUT2D eigenvalue weighted by Crippen LogP contribution is -2.27. The summed E-state index contributed by atoms with van der Waals surface area (Å²) >= 11 is 0.237. The van der Waals surface area contributed by atoms with Crippen molar-refractivity contribution >= 4 is 30.1 Å². The van der Waals surface area contributed by atoms with Gasteiger partial charge in [-0.05, 0) is 43.6 Å². The molecule has 1 aromatic carbocycles. The van der Waals surface area contributed by atoms with E-state index in [0.29, 0.717) is 23.8 Å². The zero-order chi connectivity index (χ0) is 27.0. The van der Waals surface area contributed by atoms with Gasteiger partial charge >= 0.3 is 0 Å². The Balaban J connectivity index is 0.00000274. The van der Waals surface area contributed by atoms with Gasteiger partial charge in [0.15, 0.2) is 5.82 Å². The Kier molecular flexibility index (Phi) is 16.8. The van der Waals surface area contributed by atoms with Gasteiger partial charge in [0.1, 0.15) is 11.5 Å². The Hall–Kier alpha value is -2.32. The van der Waals surface area contributed by atoms with Crippen molar-refractivity contribution in [1.29, 1.82) is 0 Å². The highest BCUT2D eigenvalue weighted by Crippen LogP contribution is 2.30. The molecule has 0 fully saturated rings. The lowest BCUT2D eigenvalue weighted by molar-refractivity contribution is -0.107. The maximum atomic E-state index is 13.2. The molecule has 8 heteroatoms. The second-order valence-corrected chi connectivity index (χ2v) is 8.47. The molecular weight excluding hydrogens is 461 g/mol. The molecule has 0 unspecified atom stereocenters. The minimum absolute atomic E-state index is 0.237. The molecule has 2 aromatic rings. The van der Waals surface area contributed by atoms with Crippen molar-refractivity contribution in [1.82, 2.24) is 19.4 Å². The molecule has 0 N–H and O–H groups in total. The summed E-state index contributed by atoms with van der Waals surface area (Å²) in [5.41, 5.74) is 2.52. The molecule has 0 spiro atoms. The second kappa shape index (κ2) is 18.0. The number of halogens is 1. The first-order valence-corrected chi connectivity index (χ1v) is 13.3. The molecule has 0 saturated heterocycles. The van der Waals surface area contributed by atoms with E-state index in [2.05, 4.69) is 29.9 Å². The Morgan fingerprint density at radius 3 is 2.20 bits per heavy atom. The number of anilines is 1. The zero-order valence-electron chi connectivity index (χ0n) is 23.3. The summed E-state index contributed by atoms with van der Waals surface area (Å²) in [6.45, 7) is 19.7. The third-order valence-corrected chi connectivity index (χ3v) is 5.54. The number of carbonyl (C=O) groups excluding carboxylic acids is 1. The number of amides is 1. The molecule has 0 aliphatic carbocycles. The van der Waals surface area contributed by atoms with Gasteiger partial charge < -0.3 is 14.4 Å². The number of hydrogen-bond donors (Lipinski definition) is 0. The highest BCUT2D eigenvalue weighted by molar-refractivity contribution is 7.94. The molecule has 0 bridgehead atoms. The van der Waals surface area contributed by atoms with Crippen LogP contribution in [0.25, 0.3) is 5.70 Å². The molecule has 2 rings (SSSR count). The average Bonchev–Trinajstić information content (AvgIpc) is 3.23. The van der Waals surface area contributed by atoms with E-state index in [4.69, 9.17) is 4.98 Å². The number of nitrogens with zero attached hydrogens (tertiary/aromatic N) is 5. The molecule has 6 nitrogen and oxygen atoms in total. The Morgan fingerprint density at radius 2 is 1.71 bits per heavy atom. The third-order valence-electron chi connectivity index (χ3n) is 5.11. The molecule has 1 amide bonds. The van der Waals surface area contributed by atoms with Crippen LogP contribution in [0, 0.1) is 0 Å². The van der Waals surface area contributed by atoms with Crippen molar-refractivity contribution in [3.63, 3.8) is 0 Å². The highest BCUT2D eigenvalue weighted by Gasteiger charge is 2.24. The first-order valence-electron chi connectivity index (χ1n) is 12.6. The van der Waals surface area contributed by atoms with Crippen molar-refractivity contribution in [2.75, 3.05) is 39.1 Å². The quantitative estimate of drug-likeness (QED) is 0.282. The summed E-state index contributed by atoms with van der Waals surface area (Å²) in [7, 11) is 5.54. The lowest BCUT2D eigenvalue weighted by Gasteiger charge is -2.23. The molecule has 0 atom stereocenters. The van der Waals surface area contributed by atoms with Crippen LogP contribution in [0.4, 0.5) is 9.70 Å². The molecule has 198 valence electrons. The van der Waals surface area contributed by atoms with Crippen LogP contribution in [0.15, 0.2) is 35.7 Å². The van der Waals surface area contributed by atoms with Gasteiger partial charge in [-0.3, -0.25) is 9.69 Å². The number of aromatic nitrogens is 2. The minimum Gasteiger partial charge on any atom is -0.376 e. The molecule has 0 saturated carbocycles. The fourth-order valence-electron chi connectivity index (χ4n) is 3.55. The summed E-state index contributed by atoms with van der Waals surface area (Å²) in [5.74, 6) is 1.44. The van der Waals surface area contributed by atoms with Gasteiger partial charge in [-0.2, -0.15) is 3.89 Å². The molecule has 1 heterocycles. The Bertz CT molecular complexity index is 878. The SMILES string of the molecule is C=C(c1c(N(C)C=O)nc(CN(CCC)CCC)n1Cc1cccc(SF)c1)N(C)C.CC.CC. The molecule has 0 aliphatic heterocycles. The largest absolute Gasteiger partial charge is 0.376 e. The Morgan fingerprint density at radius 1 is 1.11 bits per heavy atom. The van der Waals surface area contributed by atoms with Crippen molar-refractivity contribution in [3.8, 4) is 0 Å². The van der Waals surface area contributed by atoms with Crippen LogP contribution in [-0.2, 0) is 17.9 Å². The van der Waals surface area contributed by atoms with E-state index in [1.54, 1.807) is 13.1 Å². The van der Waals surface area contributed by atoms with E-state index in [9.17, 15) is 8.68 Å². The van der Waals surface area contributed by atoms with Crippen LogP contribution < -0.4 is 4.90 Å². The summed E-state index contributed by atoms with van der Waals surface area (Å²) in [5, 5.41) is 0. The van der Waals surface area contributed by atoms with Gasteiger partial charge in [0.2, 0.25) is 6.41 Å². The van der Waals surface area contributed by atoms with Crippen molar-refractivity contribution < 1.29 is 8.68 Å². The highest BCUT2D eigenvalue weighted by atomic mass is 32.2. The zero-order valence-corrected chi connectivity index (χ0v) is 24.1. The van der Waals surface area contributed by atoms with Gasteiger partial charge in [0, 0.05) is 32.6 Å². The topological polar surface area (TPSA) is 44.6 Å². The fraction of sp³-hybridized carbons (Fsp3) is 0.556. The first-order chi connectivity index (χ1) is 16.9. The average molecular weight is 508 g/mol. The molecule has 1 aromatic heterocycles. The van der Waals surface area contributed by atoms with Gasteiger partial charge in [-0.15, -0.1) is 0 Å². The van der Waals surface area contributed by atoms with Gasteiger partial charge in [-0.25, -0.2) is 4.98 Å². The molecular formula is C27H46FN5OS. The number of hydrogen-bond acceptors (Lipinski definition) is 5. The van der Waals surface area contributed by atoms with Gasteiger partial charge in [-0.1, -0.05) is 60.3 Å². The van der Waals surface area contributed by atoms with E-state index in [0.717, 1.165) is 55.1 Å². The summed E-state index contributed by atoms with van der Waals surface area (Å²) < 4.78 is 15.3. The van der Waals surface area contributed by atoms with Crippen LogP contribution in [0.5, 0.6) is 0 Å². The van der Waals surface area contributed by atoms with E-state index >= 15 is 0 Å². The number of imidazole rings is 1. The summed E-state index contributed by atoms with van der Waals surface area (Å²) in [6, 6.07) is 7.42. The van der Waals surface area contributed by atoms with Crippen molar-refractivity contribution in [2.45, 2.75) is 72.4 Å². The Labute approximate surface area is 217 Å². The smallest absolute Gasteiger partial charge is 0.215 e. The number of benzene rings is 1. The maximum Gasteiger partial charge on any atom is 0.215 e.